The number of nitrogens with one attached hydrogen (secondary N) is 1. The van der Waals surface area contributed by atoms with Crippen LogP contribution in [0.5, 0.6) is 5.75 Å². The van der Waals surface area contributed by atoms with E-state index in [9.17, 15) is 9.59 Å². The molecule has 3 aromatic carbocycles. The molecule has 1 heterocycles. The summed E-state index contributed by atoms with van der Waals surface area (Å²) >= 11 is 1.54. The Morgan fingerprint density at radius 1 is 0.861 bits per heavy atom. The summed E-state index contributed by atoms with van der Waals surface area (Å²) in [4.78, 5) is 30.1. The second kappa shape index (κ2) is 12.7. The molecule has 1 aromatic heterocycles. The fraction of sp³-hybridized carbons (Fsp3) is 0.200. The summed E-state index contributed by atoms with van der Waals surface area (Å²) in [6.45, 7) is 3.19. The third-order valence-corrected chi connectivity index (χ3v) is 6.67. The minimum atomic E-state index is -0.794. The van der Waals surface area contributed by atoms with Crippen molar-refractivity contribution in [1.82, 2.24) is 10.2 Å². The highest BCUT2D eigenvalue weighted by molar-refractivity contribution is 7.10. The number of thiophene rings is 1. The molecule has 0 spiro atoms. The number of hydrogen-bond acceptors (Lipinski definition) is 4. The van der Waals surface area contributed by atoms with Crippen molar-refractivity contribution < 1.29 is 14.3 Å². The van der Waals surface area contributed by atoms with Gasteiger partial charge in [-0.2, -0.15) is 0 Å². The Kier molecular flexibility index (Phi) is 8.89. The monoisotopic (exact) mass is 498 g/mol. The lowest BCUT2D eigenvalue weighted by atomic mass is 10.0. The molecule has 0 aliphatic rings. The molecule has 0 saturated heterocycles. The van der Waals surface area contributed by atoms with Gasteiger partial charge in [0.25, 0.3) is 0 Å². The summed E-state index contributed by atoms with van der Waals surface area (Å²) in [5, 5.41) is 5.01. The van der Waals surface area contributed by atoms with Crippen LogP contribution >= 0.6 is 11.3 Å². The van der Waals surface area contributed by atoms with Crippen LogP contribution in [-0.2, 0) is 29.1 Å². The summed E-state index contributed by atoms with van der Waals surface area (Å²) in [6.07, 6.45) is 0.240. The van der Waals surface area contributed by atoms with Crippen LogP contribution < -0.4 is 10.1 Å². The predicted molar refractivity (Wildman–Crippen MR) is 144 cm³/mol. The molecule has 1 unspecified atom stereocenters. The van der Waals surface area contributed by atoms with Crippen LogP contribution in [0, 0.1) is 0 Å². The lowest BCUT2D eigenvalue weighted by molar-refractivity contribution is -0.141. The molecule has 4 rings (SSSR count). The number of hydrogen-bond donors (Lipinski definition) is 1. The number of nitrogens with zero attached hydrogens (tertiary/aromatic N) is 1. The van der Waals surface area contributed by atoms with E-state index in [4.69, 9.17) is 4.74 Å². The van der Waals surface area contributed by atoms with Gasteiger partial charge in [-0.25, -0.2) is 0 Å². The van der Waals surface area contributed by atoms with Gasteiger partial charge in [0.15, 0.2) is 0 Å². The third-order valence-electron chi connectivity index (χ3n) is 5.80. The topological polar surface area (TPSA) is 58.6 Å². The Morgan fingerprint density at radius 2 is 1.53 bits per heavy atom. The molecule has 0 saturated carbocycles. The normalized spacial score (nSPS) is 11.5. The van der Waals surface area contributed by atoms with E-state index >= 15 is 0 Å². The van der Waals surface area contributed by atoms with Crippen LogP contribution in [0.25, 0.3) is 0 Å². The quantitative estimate of drug-likeness (QED) is 0.285. The van der Waals surface area contributed by atoms with Crippen LogP contribution in [0.2, 0.25) is 0 Å². The van der Waals surface area contributed by atoms with E-state index in [1.54, 1.807) is 16.2 Å². The zero-order chi connectivity index (χ0) is 25.2. The molecule has 5 nitrogen and oxygen atoms in total. The number of rotatable bonds is 11. The predicted octanol–water partition coefficient (Wildman–Crippen LogP) is 5.78. The van der Waals surface area contributed by atoms with E-state index in [1.807, 2.05) is 109 Å². The summed E-state index contributed by atoms with van der Waals surface area (Å²) < 4.78 is 5.60. The molecule has 0 aliphatic heterocycles. The lowest BCUT2D eigenvalue weighted by Crippen LogP contribution is -2.43. The van der Waals surface area contributed by atoms with E-state index in [-0.39, 0.29) is 18.2 Å². The SMILES string of the molecule is CCOc1ccc(C(C(=O)NCc2ccccc2)N(Cc2ccccc2)C(=O)Cc2cccs2)cc1. The van der Waals surface area contributed by atoms with Crippen molar-refractivity contribution >= 4 is 23.2 Å². The largest absolute Gasteiger partial charge is 0.494 e. The Bertz CT molecular complexity index is 1230. The van der Waals surface area contributed by atoms with Crippen LogP contribution in [0.15, 0.2) is 102 Å². The molecule has 0 bridgehead atoms. The van der Waals surface area contributed by atoms with Gasteiger partial charge in [-0.3, -0.25) is 9.59 Å². The molecular formula is C30H30N2O3S. The van der Waals surface area contributed by atoms with Gasteiger partial charge in [0.2, 0.25) is 11.8 Å². The van der Waals surface area contributed by atoms with E-state index < -0.39 is 6.04 Å². The van der Waals surface area contributed by atoms with Gasteiger partial charge < -0.3 is 15.0 Å². The smallest absolute Gasteiger partial charge is 0.247 e. The molecule has 0 aliphatic carbocycles. The number of amides is 2. The van der Waals surface area contributed by atoms with Crippen molar-refractivity contribution in [2.75, 3.05) is 6.61 Å². The summed E-state index contributed by atoms with van der Waals surface area (Å²) in [5.74, 6) is 0.401. The van der Waals surface area contributed by atoms with Gasteiger partial charge in [-0.15, -0.1) is 11.3 Å². The van der Waals surface area contributed by atoms with Gasteiger partial charge in [-0.1, -0.05) is 78.9 Å². The maximum absolute atomic E-state index is 13.7. The minimum Gasteiger partial charge on any atom is -0.494 e. The van der Waals surface area contributed by atoms with Crippen molar-refractivity contribution in [2.45, 2.75) is 32.5 Å². The van der Waals surface area contributed by atoms with Gasteiger partial charge in [-0.05, 0) is 47.2 Å². The number of ether oxygens (including phenoxy) is 1. The van der Waals surface area contributed by atoms with Crippen molar-refractivity contribution in [3.8, 4) is 5.75 Å². The lowest BCUT2D eigenvalue weighted by Gasteiger charge is -2.32. The molecule has 2 amide bonds. The number of benzene rings is 3. The highest BCUT2D eigenvalue weighted by atomic mass is 32.1. The van der Waals surface area contributed by atoms with Crippen molar-refractivity contribution in [3.63, 3.8) is 0 Å². The molecular weight excluding hydrogens is 468 g/mol. The Balaban J connectivity index is 1.67. The second-order valence-electron chi connectivity index (χ2n) is 8.37. The Morgan fingerprint density at radius 3 is 2.14 bits per heavy atom. The average molecular weight is 499 g/mol. The highest BCUT2D eigenvalue weighted by Gasteiger charge is 2.31. The standard InChI is InChI=1S/C30H30N2O3S/c1-2-35-26-17-15-25(16-18-26)29(30(34)31-21-23-10-5-3-6-11-23)32(22-24-12-7-4-8-13-24)28(33)20-27-14-9-19-36-27/h3-19,29H,2,20-22H2,1H3,(H,31,34). The summed E-state index contributed by atoms with van der Waals surface area (Å²) in [6, 6.07) is 30.1. The van der Waals surface area contributed by atoms with Crippen LogP contribution in [-0.4, -0.2) is 23.3 Å². The van der Waals surface area contributed by atoms with Gasteiger partial charge >= 0.3 is 0 Å². The molecule has 0 radical (unpaired) electrons. The zero-order valence-electron chi connectivity index (χ0n) is 20.3. The Hall–Kier alpha value is -3.90. The highest BCUT2D eigenvalue weighted by Crippen LogP contribution is 2.27. The Labute approximate surface area is 216 Å². The van der Waals surface area contributed by atoms with E-state index in [2.05, 4.69) is 5.32 Å². The van der Waals surface area contributed by atoms with Crippen LogP contribution in [0.3, 0.4) is 0 Å². The molecule has 0 fully saturated rings. The van der Waals surface area contributed by atoms with Crippen LogP contribution in [0.4, 0.5) is 0 Å². The van der Waals surface area contributed by atoms with E-state index in [1.165, 1.54) is 0 Å². The number of carbonyl (C=O) groups is 2. The zero-order valence-corrected chi connectivity index (χ0v) is 21.1. The fourth-order valence-corrected chi connectivity index (χ4v) is 4.73. The molecule has 1 atom stereocenters. The first-order valence-electron chi connectivity index (χ1n) is 12.0. The van der Waals surface area contributed by atoms with Crippen molar-refractivity contribution in [2.24, 2.45) is 0 Å². The number of carbonyl (C=O) groups excluding carboxylic acids is 2. The summed E-state index contributed by atoms with van der Waals surface area (Å²) in [5.41, 5.74) is 2.69. The molecule has 1 N–H and O–H groups in total. The average Bonchev–Trinajstić information content (AvgIpc) is 3.42. The first-order valence-corrected chi connectivity index (χ1v) is 12.9. The van der Waals surface area contributed by atoms with Crippen LogP contribution in [0.1, 0.15) is 34.5 Å². The molecule has 36 heavy (non-hydrogen) atoms. The van der Waals surface area contributed by atoms with Gasteiger partial charge in [0.05, 0.1) is 13.0 Å². The molecule has 184 valence electrons. The molecule has 4 aromatic rings. The molecule has 6 heteroatoms. The van der Waals surface area contributed by atoms with Crippen molar-refractivity contribution in [3.05, 3.63) is 124 Å². The van der Waals surface area contributed by atoms with E-state index in [0.717, 1.165) is 27.3 Å². The van der Waals surface area contributed by atoms with Gasteiger partial charge in [0.1, 0.15) is 11.8 Å². The minimum absolute atomic E-state index is 0.102. The fourth-order valence-electron chi connectivity index (χ4n) is 4.03. The second-order valence-corrected chi connectivity index (χ2v) is 9.40. The first kappa shape index (κ1) is 25.2. The maximum Gasteiger partial charge on any atom is 0.247 e. The third kappa shape index (κ3) is 6.83. The van der Waals surface area contributed by atoms with E-state index in [0.29, 0.717) is 19.7 Å². The van der Waals surface area contributed by atoms with Crippen molar-refractivity contribution in [1.29, 1.82) is 0 Å². The first-order chi connectivity index (χ1) is 17.6. The van der Waals surface area contributed by atoms with Gasteiger partial charge in [0, 0.05) is 18.0 Å². The maximum atomic E-state index is 13.7. The summed E-state index contributed by atoms with van der Waals surface area (Å²) in [7, 11) is 0.